The molecule has 0 aliphatic carbocycles. The average molecular weight is 348 g/mol. The minimum atomic E-state index is -0.153. The fourth-order valence-corrected chi connectivity index (χ4v) is 2.64. The molecule has 0 saturated heterocycles. The van der Waals surface area contributed by atoms with Crippen molar-refractivity contribution in [2.24, 2.45) is 5.10 Å². The third kappa shape index (κ3) is 3.52. The number of anilines is 1. The number of hydrazone groups is 1. The van der Waals surface area contributed by atoms with E-state index in [1.807, 2.05) is 61.5 Å². The molecule has 5 nitrogen and oxygen atoms in total. The Morgan fingerprint density at radius 3 is 2.62 bits per heavy atom. The van der Waals surface area contributed by atoms with Crippen molar-refractivity contribution in [3.8, 4) is 11.5 Å². The largest absolute Gasteiger partial charge is 0.493 e. The fraction of sp³-hybridized carbons (Fsp3) is 0.143. The number of methoxy groups -OCH3 is 1. The molecule has 1 heterocycles. The Balaban J connectivity index is 1.89. The van der Waals surface area contributed by atoms with Crippen LogP contribution >= 0.6 is 0 Å². The number of carbonyl (C=O) groups is 1. The van der Waals surface area contributed by atoms with Crippen molar-refractivity contribution in [1.29, 1.82) is 0 Å². The number of nitrogens with zero attached hydrogens (tertiary/aromatic N) is 2. The van der Waals surface area contributed by atoms with Crippen LogP contribution in [0, 0.1) is 0 Å². The van der Waals surface area contributed by atoms with Crippen LogP contribution in [-0.2, 0) is 4.79 Å². The molecule has 132 valence electrons. The van der Waals surface area contributed by atoms with E-state index in [1.54, 1.807) is 13.2 Å². The number of amides is 1. The molecule has 0 spiro atoms. The molecule has 26 heavy (non-hydrogen) atoms. The van der Waals surface area contributed by atoms with Gasteiger partial charge in [-0.05, 0) is 42.8 Å². The molecule has 5 heteroatoms. The second-order valence-corrected chi connectivity index (χ2v) is 5.71. The standard InChI is InChI=1S/C21H20N2O3/c1-4-12-26-19-11-10-16(14-20(19)25-3)13-18-15(2)22-23(21(18)24)17-8-6-5-7-9-17/h4-11,13-14H,1,12H2,2-3H3. The predicted molar refractivity (Wildman–Crippen MR) is 104 cm³/mol. The van der Waals surface area contributed by atoms with Crippen molar-refractivity contribution in [3.63, 3.8) is 0 Å². The van der Waals surface area contributed by atoms with E-state index in [4.69, 9.17) is 9.47 Å². The summed E-state index contributed by atoms with van der Waals surface area (Å²) >= 11 is 0. The Labute approximate surface area is 152 Å². The van der Waals surface area contributed by atoms with Gasteiger partial charge in [-0.25, -0.2) is 0 Å². The van der Waals surface area contributed by atoms with Crippen LogP contribution in [0.2, 0.25) is 0 Å². The highest BCUT2D eigenvalue weighted by molar-refractivity contribution is 6.32. The number of ether oxygens (including phenoxy) is 2. The molecule has 0 unspecified atom stereocenters. The van der Waals surface area contributed by atoms with Gasteiger partial charge in [-0.15, -0.1) is 0 Å². The lowest BCUT2D eigenvalue weighted by Gasteiger charge is -2.11. The van der Waals surface area contributed by atoms with Crippen LogP contribution in [-0.4, -0.2) is 25.3 Å². The van der Waals surface area contributed by atoms with Gasteiger partial charge in [0.15, 0.2) is 11.5 Å². The van der Waals surface area contributed by atoms with Gasteiger partial charge in [0.25, 0.3) is 5.91 Å². The van der Waals surface area contributed by atoms with Gasteiger partial charge >= 0.3 is 0 Å². The van der Waals surface area contributed by atoms with Crippen LogP contribution in [0.15, 0.2) is 71.9 Å². The Kier molecular flexibility index (Phi) is 5.17. The Morgan fingerprint density at radius 2 is 1.92 bits per heavy atom. The second kappa shape index (κ2) is 7.70. The minimum absolute atomic E-state index is 0.153. The number of para-hydroxylation sites is 1. The van der Waals surface area contributed by atoms with E-state index >= 15 is 0 Å². The van der Waals surface area contributed by atoms with Crippen molar-refractivity contribution < 1.29 is 14.3 Å². The highest BCUT2D eigenvalue weighted by Gasteiger charge is 2.28. The summed E-state index contributed by atoms with van der Waals surface area (Å²) in [7, 11) is 1.58. The zero-order valence-electron chi connectivity index (χ0n) is 14.8. The van der Waals surface area contributed by atoms with Crippen molar-refractivity contribution in [2.75, 3.05) is 18.7 Å². The molecule has 0 N–H and O–H groups in total. The van der Waals surface area contributed by atoms with Crippen LogP contribution in [0.3, 0.4) is 0 Å². The molecule has 0 atom stereocenters. The van der Waals surface area contributed by atoms with E-state index < -0.39 is 0 Å². The average Bonchev–Trinajstić information content (AvgIpc) is 2.95. The third-order valence-electron chi connectivity index (χ3n) is 3.92. The van der Waals surface area contributed by atoms with E-state index in [2.05, 4.69) is 11.7 Å². The molecule has 0 radical (unpaired) electrons. The lowest BCUT2D eigenvalue weighted by atomic mass is 10.1. The Hall–Kier alpha value is -3.34. The van der Waals surface area contributed by atoms with Gasteiger partial charge < -0.3 is 9.47 Å². The van der Waals surface area contributed by atoms with Gasteiger partial charge in [0, 0.05) is 0 Å². The van der Waals surface area contributed by atoms with Gasteiger partial charge in [-0.1, -0.05) is 36.9 Å². The van der Waals surface area contributed by atoms with Gasteiger partial charge in [0.1, 0.15) is 6.61 Å². The molecule has 0 bridgehead atoms. The maximum absolute atomic E-state index is 12.8. The summed E-state index contributed by atoms with van der Waals surface area (Å²) in [5.41, 5.74) is 2.80. The van der Waals surface area contributed by atoms with Crippen LogP contribution in [0.25, 0.3) is 6.08 Å². The molecule has 1 aliphatic rings. The van der Waals surface area contributed by atoms with E-state index in [0.717, 1.165) is 11.3 Å². The normalized spacial score (nSPS) is 15.2. The summed E-state index contributed by atoms with van der Waals surface area (Å²) in [4.78, 5) is 12.8. The lowest BCUT2D eigenvalue weighted by Crippen LogP contribution is -2.21. The monoisotopic (exact) mass is 348 g/mol. The quantitative estimate of drug-likeness (QED) is 0.584. The van der Waals surface area contributed by atoms with Crippen LogP contribution < -0.4 is 14.5 Å². The third-order valence-corrected chi connectivity index (χ3v) is 3.92. The SMILES string of the molecule is C=CCOc1ccc(C=C2C(=O)N(c3ccccc3)N=C2C)cc1OC. The van der Waals surface area contributed by atoms with Crippen molar-refractivity contribution in [2.45, 2.75) is 6.92 Å². The molecule has 2 aromatic carbocycles. The van der Waals surface area contributed by atoms with Crippen LogP contribution in [0.5, 0.6) is 11.5 Å². The number of benzene rings is 2. The predicted octanol–water partition coefficient (Wildman–Crippen LogP) is 4.07. The fourth-order valence-electron chi connectivity index (χ4n) is 2.64. The topological polar surface area (TPSA) is 51.1 Å². The summed E-state index contributed by atoms with van der Waals surface area (Å²) in [6.45, 7) is 5.86. The minimum Gasteiger partial charge on any atom is -0.493 e. The maximum atomic E-state index is 12.8. The van der Waals surface area contributed by atoms with Crippen LogP contribution in [0.4, 0.5) is 5.69 Å². The molecule has 1 amide bonds. The van der Waals surface area contributed by atoms with Gasteiger partial charge in [0.05, 0.1) is 24.1 Å². The smallest absolute Gasteiger partial charge is 0.280 e. The molecular formula is C21H20N2O3. The van der Waals surface area contributed by atoms with Gasteiger partial charge in [-0.2, -0.15) is 10.1 Å². The summed E-state index contributed by atoms with van der Waals surface area (Å²) < 4.78 is 10.9. The molecule has 0 fully saturated rings. The molecule has 3 rings (SSSR count). The number of hydrogen-bond donors (Lipinski definition) is 0. The highest BCUT2D eigenvalue weighted by atomic mass is 16.5. The molecule has 2 aromatic rings. The number of hydrogen-bond acceptors (Lipinski definition) is 4. The first-order chi connectivity index (χ1) is 12.6. The summed E-state index contributed by atoms with van der Waals surface area (Å²) in [5, 5.41) is 5.80. The summed E-state index contributed by atoms with van der Waals surface area (Å²) in [6, 6.07) is 14.9. The maximum Gasteiger partial charge on any atom is 0.280 e. The molecule has 0 aromatic heterocycles. The number of rotatable bonds is 6. The first kappa shape index (κ1) is 17.5. The van der Waals surface area contributed by atoms with E-state index in [-0.39, 0.29) is 5.91 Å². The Morgan fingerprint density at radius 1 is 1.15 bits per heavy atom. The molecular weight excluding hydrogens is 328 g/mol. The second-order valence-electron chi connectivity index (χ2n) is 5.71. The van der Waals surface area contributed by atoms with Gasteiger partial charge in [0.2, 0.25) is 0 Å². The lowest BCUT2D eigenvalue weighted by molar-refractivity contribution is -0.114. The van der Waals surface area contributed by atoms with Gasteiger partial charge in [-0.3, -0.25) is 4.79 Å². The molecule has 1 aliphatic heterocycles. The number of carbonyl (C=O) groups excluding carboxylic acids is 1. The van der Waals surface area contributed by atoms with E-state index in [9.17, 15) is 4.79 Å². The Bertz CT molecular complexity index is 885. The first-order valence-corrected chi connectivity index (χ1v) is 8.22. The summed E-state index contributed by atoms with van der Waals surface area (Å²) in [5.74, 6) is 1.07. The van der Waals surface area contributed by atoms with Crippen molar-refractivity contribution >= 4 is 23.4 Å². The zero-order valence-corrected chi connectivity index (χ0v) is 14.8. The van der Waals surface area contributed by atoms with E-state index in [0.29, 0.717) is 29.4 Å². The van der Waals surface area contributed by atoms with Crippen LogP contribution in [0.1, 0.15) is 12.5 Å². The first-order valence-electron chi connectivity index (χ1n) is 8.22. The molecule has 0 saturated carbocycles. The van der Waals surface area contributed by atoms with E-state index in [1.165, 1.54) is 5.01 Å². The summed E-state index contributed by atoms with van der Waals surface area (Å²) in [6.07, 6.45) is 3.48. The zero-order chi connectivity index (χ0) is 18.5. The highest BCUT2D eigenvalue weighted by Crippen LogP contribution is 2.30. The van der Waals surface area contributed by atoms with Crippen molar-refractivity contribution in [1.82, 2.24) is 0 Å². The van der Waals surface area contributed by atoms with Crippen molar-refractivity contribution in [3.05, 3.63) is 72.3 Å².